The third-order valence-electron chi connectivity index (χ3n) is 14.5. The molecule has 4 aliphatic heterocycles. The van der Waals surface area contributed by atoms with Gasteiger partial charge in [-0.1, -0.05) is 41.4 Å². The highest BCUT2D eigenvalue weighted by Gasteiger charge is 2.40. The van der Waals surface area contributed by atoms with Crippen molar-refractivity contribution in [2.24, 2.45) is 5.73 Å². The van der Waals surface area contributed by atoms with E-state index in [2.05, 4.69) is 14.5 Å². The summed E-state index contributed by atoms with van der Waals surface area (Å²) < 4.78 is 168. The molecule has 0 saturated carbocycles. The van der Waals surface area contributed by atoms with E-state index in [0.29, 0.717) is 78.5 Å². The number of halogens is 6. The Morgan fingerprint density at radius 3 is 1.27 bits per heavy atom. The maximum Gasteiger partial charge on any atom is 0.337 e. The molecule has 20 nitrogen and oxygen atoms in total. The molecular formula is C50H63Cl2F4N9O11S4. The molecule has 0 radical (unpaired) electrons. The van der Waals surface area contributed by atoms with Gasteiger partial charge in [-0.15, -0.1) is 0 Å². The van der Waals surface area contributed by atoms with Crippen LogP contribution < -0.4 is 14.3 Å². The van der Waals surface area contributed by atoms with Gasteiger partial charge in [-0.25, -0.2) is 56.0 Å². The smallest absolute Gasteiger partial charge is 0.337 e. The predicted molar refractivity (Wildman–Crippen MR) is 297 cm³/mol. The lowest BCUT2D eigenvalue weighted by Crippen LogP contribution is -2.64. The number of carbonyl (C=O) groups is 2. The van der Waals surface area contributed by atoms with Gasteiger partial charge >= 0.3 is 5.97 Å². The van der Waals surface area contributed by atoms with Gasteiger partial charge < -0.3 is 10.5 Å². The highest BCUT2D eigenvalue weighted by atomic mass is 35.5. The molecule has 0 spiro atoms. The summed E-state index contributed by atoms with van der Waals surface area (Å²) in [6.07, 6.45) is 2.38. The van der Waals surface area contributed by atoms with Gasteiger partial charge in [0.15, 0.2) is 5.78 Å². The molecule has 0 bridgehead atoms. The van der Waals surface area contributed by atoms with E-state index in [1.807, 2.05) is 9.80 Å². The number of anilines is 2. The van der Waals surface area contributed by atoms with Crippen LogP contribution in [0.15, 0.2) is 72.8 Å². The fourth-order valence-electron chi connectivity index (χ4n) is 9.43. The maximum atomic E-state index is 14.9. The van der Waals surface area contributed by atoms with Crippen LogP contribution in [0.4, 0.5) is 28.9 Å². The number of sulfonamides is 4. The van der Waals surface area contributed by atoms with Gasteiger partial charge in [-0.3, -0.25) is 33.0 Å². The molecule has 440 valence electrons. The summed E-state index contributed by atoms with van der Waals surface area (Å²) in [7, 11) is -13.3. The van der Waals surface area contributed by atoms with Crippen molar-refractivity contribution in [2.75, 3.05) is 138 Å². The van der Waals surface area contributed by atoms with Crippen LogP contribution in [0.5, 0.6) is 0 Å². The minimum absolute atomic E-state index is 0.00826. The monoisotopic (exact) mass is 1240 g/mol. The van der Waals surface area contributed by atoms with Crippen LogP contribution in [0.25, 0.3) is 0 Å². The first-order valence-electron chi connectivity index (χ1n) is 25.2. The van der Waals surface area contributed by atoms with Crippen molar-refractivity contribution in [3.8, 4) is 0 Å². The maximum absolute atomic E-state index is 14.9. The number of nitrogens with zero attached hydrogens (tertiary/aromatic N) is 8. The first-order valence-corrected chi connectivity index (χ1v) is 32.9. The van der Waals surface area contributed by atoms with Gasteiger partial charge in [0.2, 0.25) is 40.1 Å². The highest BCUT2D eigenvalue weighted by molar-refractivity contribution is 7.93. The fourth-order valence-corrected chi connectivity index (χ4v) is 14.5. The molecule has 4 aromatic carbocycles. The SMILES string of the molecule is COC(=O)c1ccc(CN(c2ccc(F)c(Cl)c2)S(=O)(=O)CCN2CCN(C3CN(S(C)(=O)=O)C3)CC2)c(F)c1.CS(=O)(=O)N1CC(N2CCN(CCS(=O)(=O)N(Cc3ccc(C(=O)CN)cc3F)c3ccc(F)c(Cl)c3)CC2)C1. The number of ketones is 1. The van der Waals surface area contributed by atoms with Crippen molar-refractivity contribution in [3.63, 3.8) is 0 Å². The number of hydrogen-bond acceptors (Lipinski definition) is 16. The van der Waals surface area contributed by atoms with Crippen LogP contribution >= 0.6 is 23.2 Å². The summed E-state index contributed by atoms with van der Waals surface area (Å²) in [5, 5.41) is -0.551. The van der Waals surface area contributed by atoms with Crippen LogP contribution in [-0.2, 0) is 57.9 Å². The molecule has 4 heterocycles. The van der Waals surface area contributed by atoms with Gasteiger partial charge in [0.25, 0.3) is 0 Å². The molecule has 0 amide bonds. The van der Waals surface area contributed by atoms with Crippen molar-refractivity contribution in [3.05, 3.63) is 128 Å². The number of benzene rings is 4. The van der Waals surface area contributed by atoms with Crippen LogP contribution in [0.3, 0.4) is 0 Å². The van der Waals surface area contributed by atoms with Crippen molar-refractivity contribution in [1.82, 2.24) is 28.2 Å². The van der Waals surface area contributed by atoms with Crippen LogP contribution in [-0.4, -0.2) is 215 Å². The Bertz CT molecular complexity index is 3150. The quantitative estimate of drug-likeness (QED) is 0.0716. The van der Waals surface area contributed by atoms with Gasteiger partial charge in [0, 0.05) is 120 Å². The van der Waals surface area contributed by atoms with Crippen LogP contribution in [0.1, 0.15) is 31.8 Å². The number of ether oxygens (including phenoxy) is 1. The van der Waals surface area contributed by atoms with Gasteiger partial charge in [0.05, 0.1) is 77.7 Å². The Kier molecular flexibility index (Phi) is 20.8. The molecule has 0 unspecified atom stereocenters. The number of Topliss-reactive ketones (excluding diaryl/α,β-unsaturated/α-hetero) is 1. The minimum atomic E-state index is -4.03. The third kappa shape index (κ3) is 16.0. The highest BCUT2D eigenvalue weighted by Crippen LogP contribution is 2.30. The van der Waals surface area contributed by atoms with E-state index in [4.69, 9.17) is 28.9 Å². The summed E-state index contributed by atoms with van der Waals surface area (Å²) >= 11 is 11.9. The molecule has 4 saturated heterocycles. The number of nitrogens with two attached hydrogens (primary N) is 1. The average Bonchev–Trinajstić information content (AvgIpc) is 3.41. The van der Waals surface area contributed by atoms with Gasteiger partial charge in [0.1, 0.15) is 23.3 Å². The van der Waals surface area contributed by atoms with Crippen LogP contribution in [0, 0.1) is 23.3 Å². The lowest BCUT2D eigenvalue weighted by atomic mass is 10.1. The van der Waals surface area contributed by atoms with E-state index in [1.54, 1.807) is 0 Å². The van der Waals surface area contributed by atoms with Crippen molar-refractivity contribution >= 4 is 86.4 Å². The van der Waals surface area contributed by atoms with Crippen molar-refractivity contribution < 1.29 is 65.6 Å². The molecule has 80 heavy (non-hydrogen) atoms. The number of rotatable bonds is 21. The molecule has 0 atom stereocenters. The van der Waals surface area contributed by atoms with E-state index in [9.17, 15) is 60.8 Å². The fraction of sp³-hybridized carbons (Fsp3) is 0.480. The molecule has 0 aliphatic carbocycles. The summed E-state index contributed by atoms with van der Waals surface area (Å²) in [5.74, 6) is -4.75. The van der Waals surface area contributed by atoms with E-state index in [0.717, 1.165) is 32.9 Å². The average molecular weight is 1240 g/mol. The van der Waals surface area contributed by atoms with E-state index >= 15 is 0 Å². The second kappa shape index (κ2) is 26.3. The zero-order valence-electron chi connectivity index (χ0n) is 44.1. The topological polar surface area (TPSA) is 232 Å². The summed E-state index contributed by atoms with van der Waals surface area (Å²) in [4.78, 5) is 32.0. The van der Waals surface area contributed by atoms with Gasteiger partial charge in [-0.2, -0.15) is 8.61 Å². The van der Waals surface area contributed by atoms with Crippen LogP contribution in [0.2, 0.25) is 10.0 Å². The lowest BCUT2D eigenvalue weighted by Gasteiger charge is -2.47. The number of piperazine rings is 2. The summed E-state index contributed by atoms with van der Waals surface area (Å²) in [6.45, 7) is 6.33. The largest absolute Gasteiger partial charge is 0.465 e. The molecule has 4 fully saturated rings. The summed E-state index contributed by atoms with van der Waals surface area (Å²) in [6, 6.07) is 14.6. The Hall–Kier alpha value is -4.56. The Morgan fingerprint density at radius 2 is 0.938 bits per heavy atom. The first-order chi connectivity index (χ1) is 37.6. The first kappa shape index (κ1) is 63.0. The van der Waals surface area contributed by atoms with Gasteiger partial charge in [-0.05, 0) is 54.6 Å². The Labute approximate surface area is 474 Å². The Morgan fingerprint density at radius 1 is 0.562 bits per heavy atom. The van der Waals surface area contributed by atoms with Crippen molar-refractivity contribution in [2.45, 2.75) is 25.2 Å². The normalized spacial score (nSPS) is 18.0. The molecule has 8 rings (SSSR count). The molecule has 0 aromatic heterocycles. The second-order valence-corrected chi connectivity index (χ2v) is 28.6. The summed E-state index contributed by atoms with van der Waals surface area (Å²) in [5.41, 5.74) is 5.59. The third-order valence-corrected chi connectivity index (χ3v) is 21.0. The standard InChI is InChI=1S/C25H32ClF2N5O5S2.C25H31ClF2N4O6S2/c1-39(35,36)32-16-21(17-32)31-8-6-30(7-9-31)10-11-40(37,38)33(20-4-5-23(27)22(26)13-20)15-19-3-2-18(12-24(19)28)25(34)14-29;1-38-25(33)18-3-4-19(24(28)13-18)15-32(20-5-6-23(27)22(26)14-20)40(36,37)12-11-29-7-9-30(10-8-29)21-16-31(17-21)39(2,34)35/h2-5,12-13,21H,6-11,14-17,29H2,1H3;3-6,13-14,21H,7-12,15-17H2,1-2H3. The zero-order valence-corrected chi connectivity index (χ0v) is 48.8. The minimum Gasteiger partial charge on any atom is -0.465 e. The van der Waals surface area contributed by atoms with Crippen molar-refractivity contribution in [1.29, 1.82) is 0 Å². The molecule has 30 heteroatoms. The molecule has 2 N–H and O–H groups in total. The molecular weight excluding hydrogens is 1180 g/mol. The van der Waals surface area contributed by atoms with E-state index < -0.39 is 81.7 Å². The van der Waals surface area contributed by atoms with E-state index in [-0.39, 0.29) is 93.4 Å². The number of carbonyl (C=O) groups excluding carboxylic acids is 2. The zero-order chi connectivity index (χ0) is 58.5. The Balaban J connectivity index is 0.000000231. The lowest BCUT2D eigenvalue weighted by molar-refractivity contribution is 0.0430. The number of hydrogen-bond donors (Lipinski definition) is 1. The van der Waals surface area contributed by atoms with E-state index in [1.165, 1.54) is 76.8 Å². The predicted octanol–water partition coefficient (Wildman–Crippen LogP) is 3.36. The second-order valence-electron chi connectivity index (χ2n) is 19.8. The molecule has 4 aromatic rings. The number of methoxy groups -OCH3 is 1. The molecule has 4 aliphatic rings. The number of esters is 1.